The molecule has 2 N–H and O–H groups in total. The summed E-state index contributed by atoms with van der Waals surface area (Å²) in [5.41, 5.74) is 1.47. The fraction of sp³-hybridized carbons (Fsp3) is 0.450. The first-order valence-electron chi connectivity index (χ1n) is 10.3. The standard InChI is InChI=1S/C20H25F2N7O2S/c1-23-17-8-14(16-11-24-18-6-5-15(20(21)22)27-29(16)18)9-19(26-17)28-7-3-4-13(12-28)10-25-32(2,30)31/h5-6,8-9,11,13,20,25H,3-4,7,10,12H2,1-2H3,(H,23,26)/t13-/m1/s1. The zero-order chi connectivity index (χ0) is 22.9. The molecule has 12 heteroatoms. The Hall–Kier alpha value is -2.86. The van der Waals surface area contributed by atoms with Crippen LogP contribution in [0.2, 0.25) is 0 Å². The molecular formula is C20H25F2N7O2S. The molecule has 32 heavy (non-hydrogen) atoms. The number of halogens is 2. The van der Waals surface area contributed by atoms with Crippen LogP contribution in [0.25, 0.3) is 16.9 Å². The highest BCUT2D eigenvalue weighted by molar-refractivity contribution is 7.88. The van der Waals surface area contributed by atoms with E-state index in [0.717, 1.165) is 37.0 Å². The second-order valence-electron chi connectivity index (χ2n) is 7.90. The lowest BCUT2D eigenvalue weighted by Gasteiger charge is -2.34. The lowest BCUT2D eigenvalue weighted by Crippen LogP contribution is -2.41. The van der Waals surface area contributed by atoms with Crippen molar-refractivity contribution in [3.8, 4) is 11.3 Å². The summed E-state index contributed by atoms with van der Waals surface area (Å²) in [4.78, 5) is 11.1. The number of rotatable bonds is 7. The van der Waals surface area contributed by atoms with Gasteiger partial charge in [-0.05, 0) is 43.0 Å². The van der Waals surface area contributed by atoms with Crippen molar-refractivity contribution in [2.24, 2.45) is 5.92 Å². The van der Waals surface area contributed by atoms with Crippen molar-refractivity contribution in [3.63, 3.8) is 0 Å². The minimum absolute atomic E-state index is 0.160. The number of fused-ring (bicyclic) bond motifs is 1. The molecular weight excluding hydrogens is 440 g/mol. The average Bonchev–Trinajstić information content (AvgIpc) is 3.20. The minimum atomic E-state index is -3.25. The Bertz CT molecular complexity index is 1220. The molecule has 1 atom stereocenters. The van der Waals surface area contributed by atoms with Gasteiger partial charge in [-0.15, -0.1) is 0 Å². The zero-order valence-corrected chi connectivity index (χ0v) is 18.6. The number of nitrogens with zero attached hydrogens (tertiary/aromatic N) is 5. The third-order valence-corrected chi connectivity index (χ3v) is 6.14. The maximum Gasteiger partial charge on any atom is 0.282 e. The van der Waals surface area contributed by atoms with Gasteiger partial charge in [0.2, 0.25) is 10.0 Å². The Morgan fingerprint density at radius 2 is 2.09 bits per heavy atom. The van der Waals surface area contributed by atoms with Gasteiger partial charge in [-0.3, -0.25) is 0 Å². The van der Waals surface area contributed by atoms with Gasteiger partial charge in [0.05, 0.1) is 18.1 Å². The molecule has 0 unspecified atom stereocenters. The molecule has 0 spiro atoms. The van der Waals surface area contributed by atoms with Gasteiger partial charge in [-0.2, -0.15) is 5.10 Å². The van der Waals surface area contributed by atoms with Crippen molar-refractivity contribution in [1.82, 2.24) is 24.3 Å². The Labute approximate surface area is 184 Å². The third-order valence-electron chi connectivity index (χ3n) is 5.45. The van der Waals surface area contributed by atoms with Gasteiger partial charge in [-0.25, -0.2) is 36.4 Å². The molecule has 1 saturated heterocycles. The highest BCUT2D eigenvalue weighted by Gasteiger charge is 2.23. The molecule has 1 aliphatic rings. The Morgan fingerprint density at radius 3 is 2.81 bits per heavy atom. The van der Waals surface area contributed by atoms with Gasteiger partial charge in [-0.1, -0.05) is 0 Å². The lowest BCUT2D eigenvalue weighted by molar-refractivity contribution is 0.144. The summed E-state index contributed by atoms with van der Waals surface area (Å²) in [6.07, 6.45) is 1.91. The molecule has 0 radical (unpaired) electrons. The van der Waals surface area contributed by atoms with Crippen LogP contribution in [0, 0.1) is 5.92 Å². The number of piperidine rings is 1. The van der Waals surface area contributed by atoms with Crippen LogP contribution in [0.15, 0.2) is 30.5 Å². The Balaban J connectivity index is 1.66. The van der Waals surface area contributed by atoms with Gasteiger partial charge in [0.1, 0.15) is 17.3 Å². The molecule has 1 fully saturated rings. The van der Waals surface area contributed by atoms with Gasteiger partial charge in [0, 0.05) is 32.2 Å². The predicted octanol–water partition coefficient (Wildman–Crippen LogP) is 2.54. The smallest absolute Gasteiger partial charge is 0.282 e. The second-order valence-corrected chi connectivity index (χ2v) is 9.73. The Morgan fingerprint density at radius 1 is 1.28 bits per heavy atom. The number of hydrogen-bond donors (Lipinski definition) is 2. The summed E-state index contributed by atoms with van der Waals surface area (Å²) in [6.45, 7) is 1.82. The van der Waals surface area contributed by atoms with E-state index in [4.69, 9.17) is 0 Å². The summed E-state index contributed by atoms with van der Waals surface area (Å²) in [5, 5.41) is 7.10. The molecule has 4 rings (SSSR count). The predicted molar refractivity (Wildman–Crippen MR) is 119 cm³/mol. The second kappa shape index (κ2) is 8.94. The van der Waals surface area contributed by atoms with Crippen LogP contribution in [-0.4, -0.2) is 60.9 Å². The SMILES string of the molecule is CNc1cc(-c2cnc3ccc(C(F)F)nn23)cc(N2CCC[C@H](CNS(C)(=O)=O)C2)n1. The number of pyridine rings is 1. The van der Waals surface area contributed by atoms with Gasteiger partial charge in [0.15, 0.2) is 5.65 Å². The van der Waals surface area contributed by atoms with E-state index in [1.165, 1.54) is 16.6 Å². The lowest BCUT2D eigenvalue weighted by atomic mass is 9.98. The largest absolute Gasteiger partial charge is 0.373 e. The van der Waals surface area contributed by atoms with E-state index in [1.807, 2.05) is 12.1 Å². The highest BCUT2D eigenvalue weighted by Crippen LogP contribution is 2.30. The maximum absolute atomic E-state index is 13.2. The third kappa shape index (κ3) is 4.96. The topological polar surface area (TPSA) is 105 Å². The fourth-order valence-electron chi connectivity index (χ4n) is 3.86. The van der Waals surface area contributed by atoms with E-state index >= 15 is 0 Å². The van der Waals surface area contributed by atoms with E-state index in [0.29, 0.717) is 30.2 Å². The molecule has 0 amide bonds. The molecule has 1 aliphatic heterocycles. The van der Waals surface area contributed by atoms with Crippen LogP contribution in [0.4, 0.5) is 20.4 Å². The number of hydrogen-bond acceptors (Lipinski definition) is 7. The first-order chi connectivity index (χ1) is 15.2. The van der Waals surface area contributed by atoms with Crippen LogP contribution in [0.5, 0.6) is 0 Å². The van der Waals surface area contributed by atoms with E-state index < -0.39 is 16.4 Å². The number of anilines is 2. The van der Waals surface area contributed by atoms with Crippen molar-refractivity contribution < 1.29 is 17.2 Å². The molecule has 9 nitrogen and oxygen atoms in total. The summed E-state index contributed by atoms with van der Waals surface area (Å²) in [7, 11) is -1.49. The fourth-order valence-corrected chi connectivity index (χ4v) is 4.40. The molecule has 4 heterocycles. The zero-order valence-electron chi connectivity index (χ0n) is 17.8. The number of alkyl halides is 2. The molecule has 3 aromatic heterocycles. The van der Waals surface area contributed by atoms with Crippen molar-refractivity contribution in [3.05, 3.63) is 36.2 Å². The van der Waals surface area contributed by atoms with E-state index in [1.54, 1.807) is 13.2 Å². The summed E-state index contributed by atoms with van der Waals surface area (Å²) in [6, 6.07) is 6.49. The number of nitrogens with one attached hydrogen (secondary N) is 2. The molecule has 3 aromatic rings. The van der Waals surface area contributed by atoms with E-state index in [-0.39, 0.29) is 11.6 Å². The monoisotopic (exact) mass is 465 g/mol. The minimum Gasteiger partial charge on any atom is -0.373 e. The molecule has 0 bridgehead atoms. The van der Waals surface area contributed by atoms with Crippen molar-refractivity contribution in [2.45, 2.75) is 19.3 Å². The summed E-state index contributed by atoms with van der Waals surface area (Å²) < 4.78 is 53.2. The summed E-state index contributed by atoms with van der Waals surface area (Å²) in [5.74, 6) is 1.50. The van der Waals surface area contributed by atoms with Crippen LogP contribution >= 0.6 is 0 Å². The molecule has 172 valence electrons. The summed E-state index contributed by atoms with van der Waals surface area (Å²) >= 11 is 0. The number of imidazole rings is 1. The number of sulfonamides is 1. The Kier molecular flexibility index (Phi) is 6.24. The van der Waals surface area contributed by atoms with Crippen LogP contribution in [0.1, 0.15) is 25.0 Å². The normalized spacial score (nSPS) is 17.3. The van der Waals surface area contributed by atoms with Gasteiger partial charge >= 0.3 is 0 Å². The van der Waals surface area contributed by atoms with Gasteiger partial charge in [0.25, 0.3) is 6.43 Å². The van der Waals surface area contributed by atoms with E-state index in [2.05, 4.69) is 30.0 Å². The molecule has 0 aromatic carbocycles. The van der Waals surface area contributed by atoms with Crippen molar-refractivity contribution in [1.29, 1.82) is 0 Å². The van der Waals surface area contributed by atoms with Gasteiger partial charge < -0.3 is 10.2 Å². The molecule has 0 saturated carbocycles. The average molecular weight is 466 g/mol. The number of aromatic nitrogens is 4. The van der Waals surface area contributed by atoms with Crippen molar-refractivity contribution in [2.75, 3.05) is 43.2 Å². The van der Waals surface area contributed by atoms with E-state index in [9.17, 15) is 17.2 Å². The van der Waals surface area contributed by atoms with Crippen LogP contribution in [0.3, 0.4) is 0 Å². The highest BCUT2D eigenvalue weighted by atomic mass is 32.2. The molecule has 0 aliphatic carbocycles. The van der Waals surface area contributed by atoms with Crippen LogP contribution in [-0.2, 0) is 10.0 Å². The quantitative estimate of drug-likeness (QED) is 0.553. The first kappa shape index (κ1) is 22.3. The first-order valence-corrected chi connectivity index (χ1v) is 12.2. The maximum atomic E-state index is 13.2. The van der Waals surface area contributed by atoms with Crippen LogP contribution < -0.4 is 14.9 Å². The van der Waals surface area contributed by atoms with Crippen molar-refractivity contribution >= 4 is 27.3 Å².